The molecule has 0 saturated carbocycles. The number of ether oxygens (including phenoxy) is 1. The Balaban J connectivity index is 2.08. The van der Waals surface area contributed by atoms with E-state index in [1.807, 2.05) is 0 Å². The molecule has 0 atom stereocenters. The molecule has 15 heavy (non-hydrogen) atoms. The molecule has 0 bridgehead atoms. The smallest absolute Gasteiger partial charge is 0.125 e. The second kappa shape index (κ2) is 4.23. The van der Waals surface area contributed by atoms with Crippen LogP contribution in [-0.2, 0) is 0 Å². The van der Waals surface area contributed by atoms with Gasteiger partial charge in [-0.15, -0.1) is 0 Å². The molecule has 82 valence electrons. The Labute approximate surface area is 91.6 Å². The number of benzene rings is 1. The molecule has 2 heteroatoms. The van der Waals surface area contributed by atoms with Crippen LogP contribution >= 0.6 is 0 Å². The Morgan fingerprint density at radius 2 is 1.87 bits per heavy atom. The molecule has 2 nitrogen and oxygen atoms in total. The SMILES string of the molecule is Cc1ccc(C)c(OCC2CNC2)c1C. The van der Waals surface area contributed by atoms with Gasteiger partial charge in [-0.2, -0.15) is 0 Å². The first-order valence-electron chi connectivity index (χ1n) is 5.59. The van der Waals surface area contributed by atoms with Crippen LogP contribution in [-0.4, -0.2) is 19.7 Å². The van der Waals surface area contributed by atoms with Crippen molar-refractivity contribution in [3.05, 3.63) is 28.8 Å². The topological polar surface area (TPSA) is 21.3 Å². The van der Waals surface area contributed by atoms with Crippen molar-refractivity contribution in [3.8, 4) is 5.75 Å². The lowest BCUT2D eigenvalue weighted by molar-refractivity contribution is 0.197. The molecular formula is C13H19NO. The average molecular weight is 205 g/mol. The summed E-state index contributed by atoms with van der Waals surface area (Å²) in [6.07, 6.45) is 0. The second-order valence-corrected chi connectivity index (χ2v) is 4.49. The maximum absolute atomic E-state index is 5.91. The first kappa shape index (κ1) is 10.5. The zero-order valence-electron chi connectivity index (χ0n) is 9.76. The molecule has 1 aliphatic rings. The van der Waals surface area contributed by atoms with Crippen molar-refractivity contribution in [1.82, 2.24) is 5.32 Å². The summed E-state index contributed by atoms with van der Waals surface area (Å²) in [4.78, 5) is 0. The summed E-state index contributed by atoms with van der Waals surface area (Å²) in [5.74, 6) is 1.78. The number of nitrogens with one attached hydrogen (secondary N) is 1. The van der Waals surface area contributed by atoms with E-state index >= 15 is 0 Å². The van der Waals surface area contributed by atoms with Crippen molar-refractivity contribution in [2.75, 3.05) is 19.7 Å². The molecule has 1 heterocycles. The molecule has 1 fully saturated rings. The van der Waals surface area contributed by atoms with Gasteiger partial charge in [-0.3, -0.25) is 0 Å². The summed E-state index contributed by atoms with van der Waals surface area (Å²) in [7, 11) is 0. The first-order chi connectivity index (χ1) is 7.18. The zero-order chi connectivity index (χ0) is 10.8. The van der Waals surface area contributed by atoms with Gasteiger partial charge < -0.3 is 10.1 Å². The average Bonchev–Trinajstić information content (AvgIpc) is 2.15. The summed E-state index contributed by atoms with van der Waals surface area (Å²) in [6, 6.07) is 4.29. The van der Waals surface area contributed by atoms with Crippen LogP contribution in [0.2, 0.25) is 0 Å². The summed E-state index contributed by atoms with van der Waals surface area (Å²) < 4.78 is 5.91. The number of rotatable bonds is 3. The highest BCUT2D eigenvalue weighted by Gasteiger charge is 2.18. The highest BCUT2D eigenvalue weighted by atomic mass is 16.5. The van der Waals surface area contributed by atoms with Crippen LogP contribution in [0, 0.1) is 26.7 Å². The Hall–Kier alpha value is -1.02. The molecule has 0 spiro atoms. The summed E-state index contributed by atoms with van der Waals surface area (Å²) in [6.45, 7) is 9.43. The van der Waals surface area contributed by atoms with Crippen LogP contribution < -0.4 is 10.1 Å². The minimum Gasteiger partial charge on any atom is -0.493 e. The summed E-state index contributed by atoms with van der Waals surface area (Å²) >= 11 is 0. The van der Waals surface area contributed by atoms with Crippen molar-refractivity contribution in [1.29, 1.82) is 0 Å². The lowest BCUT2D eigenvalue weighted by Crippen LogP contribution is -2.45. The molecule has 0 aliphatic carbocycles. The van der Waals surface area contributed by atoms with E-state index in [2.05, 4.69) is 38.2 Å². The first-order valence-corrected chi connectivity index (χ1v) is 5.59. The quantitative estimate of drug-likeness (QED) is 0.817. The summed E-state index contributed by atoms with van der Waals surface area (Å²) in [5, 5.41) is 3.26. The van der Waals surface area contributed by atoms with Crippen LogP contribution in [0.3, 0.4) is 0 Å². The molecule has 1 saturated heterocycles. The molecule has 1 aliphatic heterocycles. The van der Waals surface area contributed by atoms with Crippen LogP contribution in [0.1, 0.15) is 16.7 Å². The van der Waals surface area contributed by atoms with E-state index in [4.69, 9.17) is 4.74 Å². The fourth-order valence-corrected chi connectivity index (χ4v) is 1.82. The monoisotopic (exact) mass is 205 g/mol. The van der Waals surface area contributed by atoms with Crippen molar-refractivity contribution >= 4 is 0 Å². The molecule has 1 aromatic rings. The third-order valence-corrected chi connectivity index (χ3v) is 3.20. The van der Waals surface area contributed by atoms with Gasteiger partial charge >= 0.3 is 0 Å². The molecule has 1 N–H and O–H groups in total. The lowest BCUT2D eigenvalue weighted by atomic mass is 10.0. The van der Waals surface area contributed by atoms with E-state index in [0.29, 0.717) is 5.92 Å². The van der Waals surface area contributed by atoms with Gasteiger partial charge in [0.2, 0.25) is 0 Å². The van der Waals surface area contributed by atoms with Crippen LogP contribution in [0.25, 0.3) is 0 Å². The standard InChI is InChI=1S/C13H19NO/c1-9-4-5-10(2)13(11(9)3)15-8-12-6-14-7-12/h4-5,12,14H,6-8H2,1-3H3. The molecule has 1 aromatic carbocycles. The minimum absolute atomic E-state index is 0.698. The van der Waals surface area contributed by atoms with Crippen molar-refractivity contribution in [2.24, 2.45) is 5.92 Å². The van der Waals surface area contributed by atoms with E-state index in [1.165, 1.54) is 16.7 Å². The lowest BCUT2D eigenvalue weighted by Gasteiger charge is -2.27. The van der Waals surface area contributed by atoms with E-state index in [1.54, 1.807) is 0 Å². The van der Waals surface area contributed by atoms with Crippen molar-refractivity contribution in [2.45, 2.75) is 20.8 Å². The third-order valence-electron chi connectivity index (χ3n) is 3.20. The number of aryl methyl sites for hydroxylation is 2. The van der Waals surface area contributed by atoms with Gasteiger partial charge in [-0.05, 0) is 37.5 Å². The molecule has 2 rings (SSSR count). The van der Waals surface area contributed by atoms with Crippen molar-refractivity contribution < 1.29 is 4.74 Å². The fourth-order valence-electron chi connectivity index (χ4n) is 1.82. The Morgan fingerprint density at radius 1 is 1.20 bits per heavy atom. The normalized spacial score (nSPS) is 16.2. The van der Waals surface area contributed by atoms with Gasteiger partial charge in [-0.25, -0.2) is 0 Å². The molecule has 0 aromatic heterocycles. The third kappa shape index (κ3) is 2.15. The van der Waals surface area contributed by atoms with Gasteiger partial charge in [-0.1, -0.05) is 12.1 Å². The Morgan fingerprint density at radius 3 is 2.47 bits per heavy atom. The van der Waals surface area contributed by atoms with Gasteiger partial charge in [0, 0.05) is 19.0 Å². The van der Waals surface area contributed by atoms with Gasteiger partial charge in [0.15, 0.2) is 0 Å². The maximum atomic E-state index is 5.91. The van der Waals surface area contributed by atoms with Gasteiger partial charge in [0.1, 0.15) is 5.75 Å². The fraction of sp³-hybridized carbons (Fsp3) is 0.538. The van der Waals surface area contributed by atoms with Crippen molar-refractivity contribution in [3.63, 3.8) is 0 Å². The van der Waals surface area contributed by atoms with E-state index in [-0.39, 0.29) is 0 Å². The maximum Gasteiger partial charge on any atom is 0.125 e. The van der Waals surface area contributed by atoms with Crippen LogP contribution in [0.15, 0.2) is 12.1 Å². The number of hydrogen-bond acceptors (Lipinski definition) is 2. The van der Waals surface area contributed by atoms with E-state index < -0.39 is 0 Å². The largest absolute Gasteiger partial charge is 0.493 e. The van der Waals surface area contributed by atoms with Gasteiger partial charge in [0.05, 0.1) is 6.61 Å². The van der Waals surface area contributed by atoms with E-state index in [9.17, 15) is 0 Å². The molecule has 0 unspecified atom stereocenters. The highest BCUT2D eigenvalue weighted by Crippen LogP contribution is 2.26. The summed E-state index contributed by atoms with van der Waals surface area (Å²) in [5.41, 5.74) is 3.83. The Bertz CT molecular complexity index is 356. The molecule has 0 radical (unpaired) electrons. The van der Waals surface area contributed by atoms with Crippen LogP contribution in [0.5, 0.6) is 5.75 Å². The highest BCUT2D eigenvalue weighted by molar-refractivity contribution is 5.44. The molecular weight excluding hydrogens is 186 g/mol. The zero-order valence-corrected chi connectivity index (χ0v) is 9.76. The minimum atomic E-state index is 0.698. The van der Waals surface area contributed by atoms with Crippen LogP contribution in [0.4, 0.5) is 0 Å². The molecule has 0 amide bonds. The predicted octanol–water partition coefficient (Wildman–Crippen LogP) is 2.21. The predicted molar refractivity (Wildman–Crippen MR) is 62.5 cm³/mol. The van der Waals surface area contributed by atoms with E-state index in [0.717, 1.165) is 25.4 Å². The van der Waals surface area contributed by atoms with Gasteiger partial charge in [0.25, 0.3) is 0 Å². The number of hydrogen-bond donors (Lipinski definition) is 1. The second-order valence-electron chi connectivity index (χ2n) is 4.49. The Kier molecular flexibility index (Phi) is 2.96.